The largest absolute Gasteiger partial charge is 0.457 e. The minimum Gasteiger partial charge on any atom is -0.457 e. The number of methoxy groups -OCH3 is 1. The van der Waals surface area contributed by atoms with Crippen LogP contribution >= 0.6 is 0 Å². The van der Waals surface area contributed by atoms with Crippen molar-refractivity contribution in [3.63, 3.8) is 0 Å². The molecule has 4 rings (SSSR count). The molecule has 0 amide bonds. The molecule has 1 saturated heterocycles. The average molecular weight is 406 g/mol. The Balaban J connectivity index is 1.51. The van der Waals surface area contributed by atoms with Crippen molar-refractivity contribution < 1.29 is 9.47 Å². The number of ether oxygens (including phenoxy) is 2. The van der Waals surface area contributed by atoms with E-state index in [1.165, 1.54) is 6.33 Å². The van der Waals surface area contributed by atoms with Gasteiger partial charge >= 0.3 is 0 Å². The first-order valence-corrected chi connectivity index (χ1v) is 10.2. The minimum atomic E-state index is 0.184. The zero-order valence-corrected chi connectivity index (χ0v) is 17.0. The van der Waals surface area contributed by atoms with Crippen LogP contribution in [0.3, 0.4) is 0 Å². The molecule has 30 heavy (non-hydrogen) atoms. The summed E-state index contributed by atoms with van der Waals surface area (Å²) in [6.45, 7) is 2.62. The quantitative estimate of drug-likeness (QED) is 0.553. The van der Waals surface area contributed by atoms with Crippen LogP contribution in [0.15, 0.2) is 60.9 Å². The molecule has 1 aliphatic heterocycles. The van der Waals surface area contributed by atoms with Gasteiger partial charge in [0, 0.05) is 26.1 Å². The second-order valence-corrected chi connectivity index (χ2v) is 7.33. The van der Waals surface area contributed by atoms with E-state index in [1.807, 2.05) is 54.6 Å². The fraction of sp³-hybridized carbons (Fsp3) is 0.304. The lowest BCUT2D eigenvalue weighted by molar-refractivity contribution is 0.0390. The van der Waals surface area contributed by atoms with Crippen LogP contribution in [0.25, 0.3) is 11.1 Å². The maximum Gasteiger partial charge on any atom is 0.139 e. The fourth-order valence-corrected chi connectivity index (χ4v) is 3.75. The molecule has 1 aromatic heterocycles. The van der Waals surface area contributed by atoms with Gasteiger partial charge in [0.15, 0.2) is 0 Å². The number of hydrogen-bond acceptors (Lipinski definition) is 7. The van der Waals surface area contributed by atoms with Crippen molar-refractivity contribution in [2.75, 3.05) is 37.8 Å². The van der Waals surface area contributed by atoms with Crippen LogP contribution in [-0.2, 0) is 4.74 Å². The lowest BCUT2D eigenvalue weighted by atomic mass is 9.94. The van der Waals surface area contributed by atoms with E-state index in [2.05, 4.69) is 20.6 Å². The molecular weight excluding hydrogens is 378 g/mol. The average Bonchev–Trinajstić information content (AvgIpc) is 2.79. The van der Waals surface area contributed by atoms with Crippen LogP contribution in [0.2, 0.25) is 0 Å². The van der Waals surface area contributed by atoms with E-state index in [4.69, 9.17) is 15.2 Å². The molecule has 0 aliphatic carbocycles. The minimum absolute atomic E-state index is 0.184. The van der Waals surface area contributed by atoms with Gasteiger partial charge in [-0.3, -0.25) is 0 Å². The summed E-state index contributed by atoms with van der Waals surface area (Å²) in [6, 6.07) is 17.5. The zero-order chi connectivity index (χ0) is 20.8. The number of nitrogens with two attached hydrogens (primary N) is 1. The van der Waals surface area contributed by atoms with Gasteiger partial charge in [-0.05, 0) is 42.8 Å². The topological polar surface area (TPSA) is 94.3 Å². The third-order valence-electron chi connectivity index (χ3n) is 5.40. The smallest absolute Gasteiger partial charge is 0.139 e. The highest BCUT2D eigenvalue weighted by Gasteiger charge is 2.25. The van der Waals surface area contributed by atoms with Crippen molar-refractivity contribution in [3.8, 4) is 22.6 Å². The Morgan fingerprint density at radius 3 is 2.60 bits per heavy atom. The van der Waals surface area contributed by atoms with Gasteiger partial charge in [0.1, 0.15) is 29.5 Å². The molecular formula is C23H27N5O2. The molecule has 2 atom stereocenters. The van der Waals surface area contributed by atoms with Crippen molar-refractivity contribution in [1.82, 2.24) is 15.3 Å². The van der Waals surface area contributed by atoms with E-state index in [1.54, 1.807) is 7.11 Å². The molecule has 2 unspecified atom stereocenters. The highest BCUT2D eigenvalue weighted by atomic mass is 16.5. The van der Waals surface area contributed by atoms with Gasteiger partial charge in [0.05, 0.1) is 11.7 Å². The zero-order valence-electron chi connectivity index (χ0n) is 17.0. The number of nitrogen functional groups attached to an aromatic ring is 1. The van der Waals surface area contributed by atoms with Crippen LogP contribution in [0.1, 0.15) is 6.42 Å². The van der Waals surface area contributed by atoms with E-state index >= 15 is 0 Å². The lowest BCUT2D eigenvalue weighted by Gasteiger charge is -2.31. The molecule has 7 heteroatoms. The molecule has 0 spiro atoms. The van der Waals surface area contributed by atoms with Crippen LogP contribution in [-0.4, -0.2) is 42.8 Å². The monoisotopic (exact) mass is 405 g/mol. The molecule has 1 aliphatic rings. The van der Waals surface area contributed by atoms with Crippen LogP contribution in [0.4, 0.5) is 11.6 Å². The summed E-state index contributed by atoms with van der Waals surface area (Å²) < 4.78 is 11.5. The fourth-order valence-electron chi connectivity index (χ4n) is 3.75. The van der Waals surface area contributed by atoms with Crippen molar-refractivity contribution in [2.45, 2.75) is 12.5 Å². The molecule has 3 aromatic rings. The summed E-state index contributed by atoms with van der Waals surface area (Å²) in [5.41, 5.74) is 7.95. The third-order valence-corrected chi connectivity index (χ3v) is 5.40. The van der Waals surface area contributed by atoms with E-state index < -0.39 is 0 Å². The van der Waals surface area contributed by atoms with Crippen molar-refractivity contribution in [2.24, 2.45) is 5.92 Å². The van der Waals surface area contributed by atoms with Gasteiger partial charge in [-0.25, -0.2) is 9.97 Å². The summed E-state index contributed by atoms with van der Waals surface area (Å²) in [7, 11) is 1.76. The number of para-hydroxylation sites is 1. The molecule has 2 heterocycles. The molecule has 0 radical (unpaired) electrons. The summed E-state index contributed by atoms with van der Waals surface area (Å²) in [5, 5.41) is 6.84. The summed E-state index contributed by atoms with van der Waals surface area (Å²) in [5.74, 6) is 3.13. The van der Waals surface area contributed by atoms with Gasteiger partial charge in [-0.15, -0.1) is 0 Å². The standard InChI is InChI=1S/C23H27N5O2/c1-29-20-14-25-12-11-17(20)13-26-23-21(22(24)27-15-28-23)16-7-9-19(10-8-16)30-18-5-3-2-4-6-18/h2-10,15,17,20,25H,11-14H2,1H3,(H3,24,26,27,28). The van der Waals surface area contributed by atoms with Gasteiger partial charge in [-0.1, -0.05) is 30.3 Å². The van der Waals surface area contributed by atoms with Gasteiger partial charge in [0.25, 0.3) is 0 Å². The first-order chi connectivity index (χ1) is 14.7. The van der Waals surface area contributed by atoms with Crippen LogP contribution in [0, 0.1) is 5.92 Å². The number of aromatic nitrogens is 2. The Hall–Kier alpha value is -3.16. The number of nitrogens with zero attached hydrogens (tertiary/aromatic N) is 2. The van der Waals surface area contributed by atoms with Gasteiger partial charge < -0.3 is 25.8 Å². The number of rotatable bonds is 7. The van der Waals surface area contributed by atoms with E-state index in [0.717, 1.165) is 54.5 Å². The molecule has 2 aromatic carbocycles. The van der Waals surface area contributed by atoms with Gasteiger partial charge in [-0.2, -0.15) is 0 Å². The number of piperidine rings is 1. The lowest BCUT2D eigenvalue weighted by Crippen LogP contribution is -2.44. The second kappa shape index (κ2) is 9.56. The maximum atomic E-state index is 6.22. The number of hydrogen-bond donors (Lipinski definition) is 3. The predicted octanol–water partition coefficient (Wildman–Crippen LogP) is 3.55. The summed E-state index contributed by atoms with van der Waals surface area (Å²) >= 11 is 0. The molecule has 0 bridgehead atoms. The SMILES string of the molecule is COC1CNCCC1CNc1ncnc(N)c1-c1ccc(Oc2ccccc2)cc1. The van der Waals surface area contributed by atoms with Crippen LogP contribution < -0.4 is 21.1 Å². The summed E-state index contributed by atoms with van der Waals surface area (Å²) in [4.78, 5) is 8.64. The third kappa shape index (κ3) is 4.69. The maximum absolute atomic E-state index is 6.22. The van der Waals surface area contributed by atoms with Crippen LogP contribution in [0.5, 0.6) is 11.5 Å². The summed E-state index contributed by atoms with van der Waals surface area (Å²) in [6.07, 6.45) is 2.72. The van der Waals surface area contributed by atoms with Crippen molar-refractivity contribution in [1.29, 1.82) is 0 Å². The Kier molecular flexibility index (Phi) is 6.41. The number of nitrogens with one attached hydrogen (secondary N) is 2. The molecule has 156 valence electrons. The number of benzene rings is 2. The Morgan fingerprint density at radius 1 is 1.07 bits per heavy atom. The van der Waals surface area contributed by atoms with Crippen molar-refractivity contribution >= 4 is 11.6 Å². The predicted molar refractivity (Wildman–Crippen MR) is 119 cm³/mol. The van der Waals surface area contributed by atoms with E-state index in [0.29, 0.717) is 11.7 Å². The first kappa shape index (κ1) is 20.1. The van der Waals surface area contributed by atoms with E-state index in [9.17, 15) is 0 Å². The second-order valence-electron chi connectivity index (χ2n) is 7.33. The number of anilines is 2. The van der Waals surface area contributed by atoms with Gasteiger partial charge in [0.2, 0.25) is 0 Å². The highest BCUT2D eigenvalue weighted by molar-refractivity contribution is 5.83. The molecule has 7 nitrogen and oxygen atoms in total. The Labute approximate surface area is 176 Å². The molecule has 0 saturated carbocycles. The Bertz CT molecular complexity index is 950. The molecule has 4 N–H and O–H groups in total. The normalized spacial score (nSPS) is 18.7. The molecule has 1 fully saturated rings. The Morgan fingerprint density at radius 2 is 1.83 bits per heavy atom. The van der Waals surface area contributed by atoms with Crippen molar-refractivity contribution in [3.05, 3.63) is 60.9 Å². The van der Waals surface area contributed by atoms with E-state index in [-0.39, 0.29) is 6.10 Å². The first-order valence-electron chi connectivity index (χ1n) is 10.2. The highest BCUT2D eigenvalue weighted by Crippen LogP contribution is 2.33.